The Morgan fingerprint density at radius 3 is 2.59 bits per heavy atom. The molecule has 10 heteroatoms. The van der Waals surface area contributed by atoms with Crippen LogP contribution in [0.3, 0.4) is 0 Å². The van der Waals surface area contributed by atoms with Crippen molar-refractivity contribution in [2.24, 2.45) is 0 Å². The number of hydrogen-bond acceptors (Lipinski definition) is 6. The standard InChI is InChI=1S/C22H24N4O6/c1-24-18(10-14-12-23-16-7-4-8-17(19(14)16)26(31)32)20(28)25(2)22(30,21(24)29)11-13-5-3-6-15(27)9-13/h3-9,12,18,23,26-27,30-31H,10-11H2,1-2H3/t18-,22+/m0/s1. The zero-order valence-corrected chi connectivity index (χ0v) is 17.6. The smallest absolute Gasteiger partial charge is 0.276 e. The third-order valence-corrected chi connectivity index (χ3v) is 6.09. The van der Waals surface area contributed by atoms with Gasteiger partial charge in [0.2, 0.25) is 11.6 Å². The summed E-state index contributed by atoms with van der Waals surface area (Å²) in [5, 5.41) is 41.5. The van der Waals surface area contributed by atoms with Gasteiger partial charge in [0.15, 0.2) is 5.69 Å². The SMILES string of the molecule is CN1C(=O)[C@](O)(Cc2cccc(O)c2)N(C)C(=O)[C@@H]1Cc1c[nH]c2cccc([NH+]([O-])O)c12. The van der Waals surface area contributed by atoms with E-state index in [9.17, 15) is 30.2 Å². The van der Waals surface area contributed by atoms with Crippen molar-refractivity contribution in [2.75, 3.05) is 14.1 Å². The van der Waals surface area contributed by atoms with E-state index >= 15 is 0 Å². The van der Waals surface area contributed by atoms with E-state index in [4.69, 9.17) is 0 Å². The average Bonchev–Trinajstić information content (AvgIpc) is 3.17. The van der Waals surface area contributed by atoms with Crippen LogP contribution in [-0.4, -0.2) is 67.9 Å². The highest BCUT2D eigenvalue weighted by Gasteiger charge is 2.53. The van der Waals surface area contributed by atoms with E-state index in [0.29, 0.717) is 22.0 Å². The van der Waals surface area contributed by atoms with Crippen LogP contribution >= 0.6 is 0 Å². The predicted octanol–water partition coefficient (Wildman–Crippen LogP) is 0.0497. The van der Waals surface area contributed by atoms with Crippen molar-refractivity contribution in [1.29, 1.82) is 0 Å². The molecule has 0 aliphatic carbocycles. The molecule has 3 aromatic rings. The summed E-state index contributed by atoms with van der Waals surface area (Å²) in [6, 6.07) is 10.1. The van der Waals surface area contributed by atoms with E-state index in [2.05, 4.69) is 4.98 Å². The first-order chi connectivity index (χ1) is 15.1. The quantitative estimate of drug-likeness (QED) is 0.355. The first kappa shape index (κ1) is 21.8. The minimum Gasteiger partial charge on any atom is -0.595 e. The molecule has 2 aromatic carbocycles. The summed E-state index contributed by atoms with van der Waals surface area (Å²) < 4.78 is 0. The number of aromatic nitrogens is 1. The topological polar surface area (TPSA) is 145 Å². The number of carbonyl (C=O) groups is 2. The van der Waals surface area contributed by atoms with Crippen LogP contribution in [0.15, 0.2) is 48.7 Å². The van der Waals surface area contributed by atoms with Gasteiger partial charge in [0, 0.05) is 39.2 Å². The molecule has 1 saturated heterocycles. The Morgan fingerprint density at radius 2 is 1.91 bits per heavy atom. The van der Waals surface area contributed by atoms with Crippen molar-refractivity contribution in [3.8, 4) is 5.75 Å². The number of aromatic amines is 1. The second-order valence-electron chi connectivity index (χ2n) is 8.04. The van der Waals surface area contributed by atoms with Gasteiger partial charge in [-0.05, 0) is 29.3 Å². The van der Waals surface area contributed by atoms with Crippen molar-refractivity contribution in [3.63, 3.8) is 0 Å². The molecule has 1 aliphatic rings. The highest BCUT2D eigenvalue weighted by atomic mass is 16.8. The minimum atomic E-state index is -2.11. The van der Waals surface area contributed by atoms with E-state index in [1.54, 1.807) is 30.5 Å². The number of aromatic hydroxyl groups is 1. The molecule has 2 heterocycles. The fourth-order valence-electron chi connectivity index (χ4n) is 4.31. The number of phenolic OH excluding ortho intramolecular Hbond substituents is 1. The molecule has 1 fully saturated rings. The van der Waals surface area contributed by atoms with Gasteiger partial charge in [0.25, 0.3) is 5.91 Å². The van der Waals surface area contributed by atoms with E-state index in [0.717, 1.165) is 4.90 Å². The summed E-state index contributed by atoms with van der Waals surface area (Å²) >= 11 is 0. The lowest BCUT2D eigenvalue weighted by molar-refractivity contribution is -0.990. The lowest BCUT2D eigenvalue weighted by Crippen LogP contribution is -2.99. The first-order valence-electron chi connectivity index (χ1n) is 10.0. The van der Waals surface area contributed by atoms with Gasteiger partial charge in [0.1, 0.15) is 11.8 Å². The van der Waals surface area contributed by atoms with Gasteiger partial charge in [-0.15, -0.1) is 0 Å². The van der Waals surface area contributed by atoms with Crippen molar-refractivity contribution in [1.82, 2.24) is 14.8 Å². The molecule has 2 amide bonds. The van der Waals surface area contributed by atoms with Gasteiger partial charge in [-0.1, -0.05) is 18.2 Å². The van der Waals surface area contributed by atoms with Crippen LogP contribution in [0.4, 0.5) is 5.69 Å². The van der Waals surface area contributed by atoms with Gasteiger partial charge < -0.3 is 30.2 Å². The number of fused-ring (bicyclic) bond motifs is 1. The van der Waals surface area contributed by atoms with Crippen LogP contribution in [-0.2, 0) is 22.4 Å². The Hall–Kier alpha value is -3.44. The summed E-state index contributed by atoms with van der Waals surface area (Å²) in [6.45, 7) is 0. The fourth-order valence-corrected chi connectivity index (χ4v) is 4.31. The molecular formula is C22H24N4O6. The normalized spacial score (nSPS) is 22.6. The highest BCUT2D eigenvalue weighted by Crippen LogP contribution is 2.31. The maximum absolute atomic E-state index is 13.2. The molecule has 0 saturated carbocycles. The molecule has 5 N–H and O–H groups in total. The average molecular weight is 440 g/mol. The van der Waals surface area contributed by atoms with Gasteiger partial charge in [-0.3, -0.25) is 9.59 Å². The Bertz CT molecular complexity index is 1190. The van der Waals surface area contributed by atoms with Gasteiger partial charge >= 0.3 is 0 Å². The Morgan fingerprint density at radius 1 is 1.19 bits per heavy atom. The number of nitrogens with one attached hydrogen (secondary N) is 2. The Kier molecular flexibility index (Phi) is 5.39. The fraction of sp³-hybridized carbons (Fsp3) is 0.273. The van der Waals surface area contributed by atoms with Crippen LogP contribution in [0.5, 0.6) is 5.75 Å². The largest absolute Gasteiger partial charge is 0.595 e. The van der Waals surface area contributed by atoms with E-state index in [1.165, 1.54) is 37.2 Å². The van der Waals surface area contributed by atoms with Gasteiger partial charge in [-0.25, -0.2) is 5.21 Å². The van der Waals surface area contributed by atoms with E-state index < -0.39 is 28.8 Å². The molecule has 1 unspecified atom stereocenters. The molecule has 0 spiro atoms. The number of quaternary nitrogens is 1. The van der Waals surface area contributed by atoms with Crippen LogP contribution < -0.4 is 5.23 Å². The minimum absolute atomic E-state index is 0.0110. The highest BCUT2D eigenvalue weighted by molar-refractivity contribution is 5.99. The second kappa shape index (κ2) is 7.92. The number of hydrogen-bond donors (Lipinski definition) is 5. The molecule has 32 heavy (non-hydrogen) atoms. The number of amides is 2. The molecule has 3 atom stereocenters. The summed E-state index contributed by atoms with van der Waals surface area (Å²) in [5.74, 6) is -1.15. The zero-order chi connectivity index (χ0) is 23.2. The van der Waals surface area contributed by atoms with Gasteiger partial charge in [0.05, 0.1) is 10.9 Å². The van der Waals surface area contributed by atoms with E-state index in [-0.39, 0.29) is 24.3 Å². The predicted molar refractivity (Wildman–Crippen MR) is 114 cm³/mol. The molecule has 168 valence electrons. The number of benzene rings is 2. The van der Waals surface area contributed by atoms with Crippen LogP contribution in [0.2, 0.25) is 0 Å². The summed E-state index contributed by atoms with van der Waals surface area (Å²) in [7, 11) is 2.80. The third-order valence-electron chi connectivity index (χ3n) is 6.09. The number of H-pyrrole nitrogens is 1. The van der Waals surface area contributed by atoms with Crippen molar-refractivity contribution >= 4 is 28.4 Å². The number of likely N-dealkylation sites (N-methyl/N-ethyl adjacent to an activating group) is 2. The molecule has 10 nitrogen and oxygen atoms in total. The maximum atomic E-state index is 13.2. The van der Waals surface area contributed by atoms with Crippen LogP contribution in [0.1, 0.15) is 11.1 Å². The summed E-state index contributed by atoms with van der Waals surface area (Å²) in [6.07, 6.45) is 1.53. The summed E-state index contributed by atoms with van der Waals surface area (Å²) in [4.78, 5) is 31.7. The van der Waals surface area contributed by atoms with Gasteiger partial charge in [-0.2, -0.15) is 5.23 Å². The van der Waals surface area contributed by atoms with Crippen molar-refractivity contribution in [3.05, 3.63) is 65.0 Å². The number of aliphatic hydroxyl groups is 1. The molecule has 4 rings (SSSR count). The van der Waals surface area contributed by atoms with Crippen LogP contribution in [0, 0.1) is 5.21 Å². The first-order valence-corrected chi connectivity index (χ1v) is 10.0. The Labute approximate surface area is 183 Å². The lowest BCUT2D eigenvalue weighted by atomic mass is 9.92. The molecular weight excluding hydrogens is 416 g/mol. The number of carbonyl (C=O) groups excluding carboxylic acids is 2. The second-order valence-corrected chi connectivity index (χ2v) is 8.04. The molecule has 1 aromatic heterocycles. The molecule has 1 aliphatic heterocycles. The van der Waals surface area contributed by atoms with Crippen LogP contribution in [0.25, 0.3) is 10.9 Å². The van der Waals surface area contributed by atoms with Crippen molar-refractivity contribution in [2.45, 2.75) is 24.6 Å². The molecule has 0 radical (unpaired) electrons. The maximum Gasteiger partial charge on any atom is 0.276 e. The zero-order valence-electron chi connectivity index (χ0n) is 17.6. The number of phenols is 1. The lowest BCUT2D eigenvalue weighted by Gasteiger charge is -2.47. The third kappa shape index (κ3) is 3.49. The molecule has 0 bridgehead atoms. The van der Waals surface area contributed by atoms with Crippen molar-refractivity contribution < 1.29 is 30.2 Å². The van der Waals surface area contributed by atoms with E-state index in [1.807, 2.05) is 0 Å². The monoisotopic (exact) mass is 440 g/mol. The number of rotatable bonds is 5. The number of nitrogens with zero attached hydrogens (tertiary/aromatic N) is 2. The Balaban J connectivity index is 1.65. The summed E-state index contributed by atoms with van der Waals surface area (Å²) in [5.41, 5.74) is -0.309. The number of piperazine rings is 1.